The minimum absolute atomic E-state index is 0.0304. The largest absolute Gasteiger partial charge is 0.493 e. The van der Waals surface area contributed by atoms with Crippen LogP contribution in [0.3, 0.4) is 0 Å². The number of H-pyrrole nitrogens is 1. The summed E-state index contributed by atoms with van der Waals surface area (Å²) in [7, 11) is 0. The molecule has 2 heterocycles. The molecule has 4 rings (SSSR count). The smallest absolute Gasteiger partial charge is 0.195 e. The van der Waals surface area contributed by atoms with Crippen molar-refractivity contribution in [3.63, 3.8) is 0 Å². The quantitative estimate of drug-likeness (QED) is 0.713. The van der Waals surface area contributed by atoms with E-state index in [1.54, 1.807) is 6.20 Å². The van der Waals surface area contributed by atoms with Crippen molar-refractivity contribution in [1.29, 1.82) is 0 Å². The van der Waals surface area contributed by atoms with Crippen LogP contribution in [0, 0.1) is 0 Å². The molecule has 21 heavy (non-hydrogen) atoms. The number of benzene rings is 2. The SMILES string of the molecule is O=C(c1ccc2c(c1)CCO2)c1c[nH]c2cccc(Br)c12. The molecule has 0 fully saturated rings. The van der Waals surface area contributed by atoms with Crippen LogP contribution >= 0.6 is 15.9 Å². The molecule has 0 saturated heterocycles. The van der Waals surface area contributed by atoms with Gasteiger partial charge in [0.15, 0.2) is 5.78 Å². The van der Waals surface area contributed by atoms with Gasteiger partial charge in [-0.3, -0.25) is 4.79 Å². The molecule has 1 aliphatic rings. The fourth-order valence-electron chi connectivity index (χ4n) is 2.80. The zero-order chi connectivity index (χ0) is 14.4. The van der Waals surface area contributed by atoms with Crippen LogP contribution in [-0.2, 0) is 6.42 Å². The molecule has 0 unspecified atom stereocenters. The summed E-state index contributed by atoms with van der Waals surface area (Å²) in [5.74, 6) is 0.925. The van der Waals surface area contributed by atoms with Gasteiger partial charge in [-0.05, 0) is 35.9 Å². The van der Waals surface area contributed by atoms with Gasteiger partial charge in [0.05, 0.1) is 6.61 Å². The maximum Gasteiger partial charge on any atom is 0.195 e. The van der Waals surface area contributed by atoms with Crippen LogP contribution in [0.25, 0.3) is 10.9 Å². The van der Waals surface area contributed by atoms with Crippen LogP contribution in [0.5, 0.6) is 5.75 Å². The Kier molecular flexibility index (Phi) is 2.86. The second kappa shape index (κ2) is 4.74. The topological polar surface area (TPSA) is 42.1 Å². The monoisotopic (exact) mass is 341 g/mol. The molecule has 3 nitrogen and oxygen atoms in total. The van der Waals surface area contributed by atoms with E-state index >= 15 is 0 Å². The van der Waals surface area contributed by atoms with Crippen molar-refractivity contribution in [2.45, 2.75) is 6.42 Å². The predicted octanol–water partition coefficient (Wildman–Crippen LogP) is 4.10. The first-order valence-electron chi connectivity index (χ1n) is 6.80. The number of aromatic nitrogens is 1. The summed E-state index contributed by atoms with van der Waals surface area (Å²) in [6, 6.07) is 11.5. The van der Waals surface area contributed by atoms with Crippen LogP contribution in [-0.4, -0.2) is 17.4 Å². The van der Waals surface area contributed by atoms with Crippen molar-refractivity contribution in [2.24, 2.45) is 0 Å². The van der Waals surface area contributed by atoms with Crippen molar-refractivity contribution in [3.05, 3.63) is 63.8 Å². The van der Waals surface area contributed by atoms with E-state index < -0.39 is 0 Å². The average molecular weight is 342 g/mol. The van der Waals surface area contributed by atoms with E-state index in [4.69, 9.17) is 4.74 Å². The van der Waals surface area contributed by atoms with Crippen molar-refractivity contribution in [2.75, 3.05) is 6.61 Å². The van der Waals surface area contributed by atoms with Crippen LogP contribution in [0.4, 0.5) is 0 Å². The lowest BCUT2D eigenvalue weighted by Gasteiger charge is -2.04. The Morgan fingerprint density at radius 3 is 3.05 bits per heavy atom. The Hall–Kier alpha value is -2.07. The average Bonchev–Trinajstić information content (AvgIpc) is 3.13. The first-order chi connectivity index (χ1) is 10.2. The molecule has 1 N–H and O–H groups in total. The Morgan fingerprint density at radius 1 is 1.24 bits per heavy atom. The summed E-state index contributed by atoms with van der Waals surface area (Å²) in [5, 5.41) is 0.930. The number of ketones is 1. The molecular weight excluding hydrogens is 330 g/mol. The van der Waals surface area contributed by atoms with Gasteiger partial charge in [-0.25, -0.2) is 0 Å². The van der Waals surface area contributed by atoms with Gasteiger partial charge < -0.3 is 9.72 Å². The minimum atomic E-state index is 0.0304. The zero-order valence-corrected chi connectivity index (χ0v) is 12.7. The number of fused-ring (bicyclic) bond motifs is 2. The molecule has 104 valence electrons. The number of nitrogens with one attached hydrogen (secondary N) is 1. The van der Waals surface area contributed by atoms with Gasteiger partial charge in [-0.15, -0.1) is 0 Å². The highest BCUT2D eigenvalue weighted by Crippen LogP contribution is 2.31. The molecule has 0 amide bonds. The molecule has 0 radical (unpaired) electrons. The molecule has 4 heteroatoms. The van der Waals surface area contributed by atoms with Gasteiger partial charge in [0.2, 0.25) is 0 Å². The Labute approximate surface area is 130 Å². The van der Waals surface area contributed by atoms with Crippen molar-refractivity contribution in [3.8, 4) is 5.75 Å². The highest BCUT2D eigenvalue weighted by atomic mass is 79.9. The zero-order valence-electron chi connectivity index (χ0n) is 11.2. The maximum atomic E-state index is 12.8. The van der Waals surface area contributed by atoms with E-state index in [9.17, 15) is 4.79 Å². The van der Waals surface area contributed by atoms with E-state index in [2.05, 4.69) is 20.9 Å². The number of ether oxygens (including phenoxy) is 1. The summed E-state index contributed by atoms with van der Waals surface area (Å²) in [6.45, 7) is 0.700. The lowest BCUT2D eigenvalue weighted by atomic mass is 10.00. The molecular formula is C17H12BrNO2. The van der Waals surface area contributed by atoms with Crippen molar-refractivity contribution >= 4 is 32.6 Å². The summed E-state index contributed by atoms with van der Waals surface area (Å²) in [4.78, 5) is 15.9. The van der Waals surface area contributed by atoms with E-state index in [0.29, 0.717) is 17.7 Å². The molecule has 0 saturated carbocycles. The van der Waals surface area contributed by atoms with Crippen LogP contribution in [0.2, 0.25) is 0 Å². The standard InChI is InChI=1S/C17H12BrNO2/c18-13-2-1-3-14-16(13)12(9-19-14)17(20)11-4-5-15-10(8-11)6-7-21-15/h1-5,8-9,19H,6-7H2. The number of carbonyl (C=O) groups excluding carboxylic acids is 1. The van der Waals surface area contributed by atoms with Gasteiger partial charge in [-0.2, -0.15) is 0 Å². The van der Waals surface area contributed by atoms with E-state index in [1.165, 1.54) is 0 Å². The molecule has 2 aromatic carbocycles. The lowest BCUT2D eigenvalue weighted by molar-refractivity contribution is 0.104. The summed E-state index contributed by atoms with van der Waals surface area (Å²) < 4.78 is 6.41. The summed E-state index contributed by atoms with van der Waals surface area (Å²) in [5.41, 5.74) is 3.46. The fraction of sp³-hybridized carbons (Fsp3) is 0.118. The Bertz CT molecular complexity index is 866. The maximum absolute atomic E-state index is 12.8. The summed E-state index contributed by atoms with van der Waals surface area (Å²) in [6.07, 6.45) is 2.65. The van der Waals surface area contributed by atoms with Gasteiger partial charge >= 0.3 is 0 Å². The first kappa shape index (κ1) is 12.7. The second-order valence-corrected chi connectivity index (χ2v) is 5.97. The number of carbonyl (C=O) groups is 1. The fourth-order valence-corrected chi connectivity index (χ4v) is 3.38. The van der Waals surface area contributed by atoms with E-state index in [0.717, 1.165) is 33.1 Å². The Balaban J connectivity index is 1.83. The molecule has 0 aliphatic carbocycles. The molecule has 3 aromatic rings. The lowest BCUT2D eigenvalue weighted by Crippen LogP contribution is -2.01. The number of hydrogen-bond acceptors (Lipinski definition) is 2. The third-order valence-corrected chi connectivity index (χ3v) is 4.51. The van der Waals surface area contributed by atoms with Crippen LogP contribution in [0.1, 0.15) is 21.5 Å². The summed E-state index contributed by atoms with van der Waals surface area (Å²) >= 11 is 3.53. The molecule has 0 bridgehead atoms. The predicted molar refractivity (Wildman–Crippen MR) is 85.1 cm³/mol. The second-order valence-electron chi connectivity index (χ2n) is 5.11. The van der Waals surface area contributed by atoms with E-state index in [1.807, 2.05) is 36.4 Å². The third kappa shape index (κ3) is 1.98. The van der Waals surface area contributed by atoms with Gasteiger partial charge in [0.1, 0.15) is 5.75 Å². The normalized spacial score (nSPS) is 13.2. The van der Waals surface area contributed by atoms with Gasteiger partial charge in [0.25, 0.3) is 0 Å². The highest BCUT2D eigenvalue weighted by Gasteiger charge is 2.19. The molecule has 1 aromatic heterocycles. The number of rotatable bonds is 2. The number of hydrogen-bond donors (Lipinski definition) is 1. The van der Waals surface area contributed by atoms with Gasteiger partial charge in [-0.1, -0.05) is 22.0 Å². The molecule has 1 aliphatic heterocycles. The van der Waals surface area contributed by atoms with Crippen LogP contribution < -0.4 is 4.74 Å². The number of halogens is 1. The van der Waals surface area contributed by atoms with Crippen molar-refractivity contribution in [1.82, 2.24) is 4.98 Å². The first-order valence-corrected chi connectivity index (χ1v) is 7.59. The molecule has 0 spiro atoms. The van der Waals surface area contributed by atoms with E-state index in [-0.39, 0.29) is 5.78 Å². The van der Waals surface area contributed by atoms with Crippen LogP contribution in [0.15, 0.2) is 47.1 Å². The van der Waals surface area contributed by atoms with Crippen molar-refractivity contribution < 1.29 is 9.53 Å². The minimum Gasteiger partial charge on any atom is -0.493 e. The third-order valence-electron chi connectivity index (χ3n) is 3.85. The van der Waals surface area contributed by atoms with Gasteiger partial charge in [0, 0.05) is 39.1 Å². The Morgan fingerprint density at radius 2 is 2.14 bits per heavy atom. The molecule has 0 atom stereocenters. The highest BCUT2D eigenvalue weighted by molar-refractivity contribution is 9.10. The number of aromatic amines is 1.